The van der Waals surface area contributed by atoms with E-state index in [0.717, 1.165) is 18.4 Å². The highest BCUT2D eigenvalue weighted by Crippen LogP contribution is 2.30. The summed E-state index contributed by atoms with van der Waals surface area (Å²) < 4.78 is 24.7. The molecule has 1 aliphatic rings. The summed E-state index contributed by atoms with van der Waals surface area (Å²) in [6.45, 7) is 1.97. The van der Waals surface area contributed by atoms with Crippen LogP contribution in [0.4, 0.5) is 5.69 Å². The van der Waals surface area contributed by atoms with Crippen molar-refractivity contribution in [3.05, 3.63) is 29.3 Å². The van der Waals surface area contributed by atoms with Crippen molar-refractivity contribution in [1.82, 2.24) is 0 Å². The maximum atomic E-state index is 11.7. The zero-order valence-electron chi connectivity index (χ0n) is 9.93. The average Bonchev–Trinajstić information content (AvgIpc) is 2.26. The van der Waals surface area contributed by atoms with Crippen LogP contribution in [-0.4, -0.2) is 27.0 Å². The first-order valence-electron chi connectivity index (χ1n) is 5.51. The largest absolute Gasteiger partial charge is 0.295 e. The minimum absolute atomic E-state index is 0.0492. The van der Waals surface area contributed by atoms with E-state index >= 15 is 0 Å². The van der Waals surface area contributed by atoms with Crippen LogP contribution in [0, 0.1) is 0 Å². The van der Waals surface area contributed by atoms with E-state index in [1.54, 1.807) is 12.1 Å². The molecule has 2 rings (SSSR count). The fraction of sp³-hybridized carbons (Fsp3) is 0.417. The van der Waals surface area contributed by atoms with Crippen molar-refractivity contribution in [2.45, 2.75) is 19.8 Å². The summed E-state index contributed by atoms with van der Waals surface area (Å²) in [5, 5.41) is 0. The van der Waals surface area contributed by atoms with E-state index < -0.39 is 10.0 Å². The number of hydrogen-bond acceptors (Lipinski definition) is 3. The SMILES string of the molecule is CC(=O)c1ccc2c(c1)N(S(C)(=O)=O)CCC2. The third-order valence-electron chi connectivity index (χ3n) is 2.97. The molecule has 0 aromatic heterocycles. The molecule has 0 saturated carbocycles. The Morgan fingerprint density at radius 3 is 2.65 bits per heavy atom. The number of sulfonamides is 1. The van der Waals surface area contributed by atoms with E-state index in [1.807, 2.05) is 6.07 Å². The second-order valence-corrected chi connectivity index (χ2v) is 6.25. The molecular weight excluding hydrogens is 238 g/mol. The lowest BCUT2D eigenvalue weighted by atomic mass is 10.00. The van der Waals surface area contributed by atoms with Crippen LogP contribution in [0.2, 0.25) is 0 Å². The quantitative estimate of drug-likeness (QED) is 0.752. The lowest BCUT2D eigenvalue weighted by molar-refractivity contribution is 0.101. The monoisotopic (exact) mass is 253 g/mol. The number of carbonyl (C=O) groups is 1. The average molecular weight is 253 g/mol. The summed E-state index contributed by atoms with van der Waals surface area (Å²) in [5.74, 6) is -0.0492. The van der Waals surface area contributed by atoms with Gasteiger partial charge in [-0.3, -0.25) is 9.10 Å². The lowest BCUT2D eigenvalue weighted by Crippen LogP contribution is -2.34. The molecule has 1 aliphatic heterocycles. The van der Waals surface area contributed by atoms with Crippen molar-refractivity contribution < 1.29 is 13.2 Å². The molecule has 0 N–H and O–H groups in total. The van der Waals surface area contributed by atoms with Gasteiger partial charge in [-0.25, -0.2) is 8.42 Å². The first-order chi connectivity index (χ1) is 7.89. The van der Waals surface area contributed by atoms with Gasteiger partial charge < -0.3 is 0 Å². The third-order valence-corrected chi connectivity index (χ3v) is 4.15. The minimum atomic E-state index is -3.26. The Labute approximate surface area is 101 Å². The number of Topliss-reactive ketones (excluding diaryl/α,β-unsaturated/α-hetero) is 1. The van der Waals surface area contributed by atoms with Gasteiger partial charge in [0.2, 0.25) is 10.0 Å². The van der Waals surface area contributed by atoms with Crippen molar-refractivity contribution in [2.75, 3.05) is 17.1 Å². The van der Waals surface area contributed by atoms with Crippen molar-refractivity contribution in [1.29, 1.82) is 0 Å². The summed E-state index contributed by atoms with van der Waals surface area (Å²) in [6.07, 6.45) is 2.88. The number of aryl methyl sites for hydroxylation is 1. The van der Waals surface area contributed by atoms with E-state index in [0.29, 0.717) is 17.8 Å². The van der Waals surface area contributed by atoms with Gasteiger partial charge in [-0.15, -0.1) is 0 Å². The fourth-order valence-electron chi connectivity index (χ4n) is 2.10. The Balaban J connectivity index is 2.56. The van der Waals surface area contributed by atoms with Crippen LogP contribution < -0.4 is 4.31 Å². The Morgan fingerprint density at radius 2 is 2.06 bits per heavy atom. The van der Waals surface area contributed by atoms with E-state index in [2.05, 4.69) is 0 Å². The van der Waals surface area contributed by atoms with E-state index in [-0.39, 0.29) is 5.78 Å². The van der Waals surface area contributed by atoms with Crippen LogP contribution in [0.25, 0.3) is 0 Å². The van der Waals surface area contributed by atoms with Crippen LogP contribution in [-0.2, 0) is 16.4 Å². The van der Waals surface area contributed by atoms with Gasteiger partial charge in [-0.05, 0) is 31.4 Å². The molecule has 0 spiro atoms. The first-order valence-corrected chi connectivity index (χ1v) is 7.36. The zero-order valence-corrected chi connectivity index (χ0v) is 10.8. The molecule has 0 radical (unpaired) electrons. The molecule has 0 fully saturated rings. The van der Waals surface area contributed by atoms with Crippen LogP contribution in [0.15, 0.2) is 18.2 Å². The first kappa shape index (κ1) is 12.1. The number of carbonyl (C=O) groups excluding carboxylic acids is 1. The Bertz CT molecular complexity index is 563. The molecule has 5 heteroatoms. The molecule has 17 heavy (non-hydrogen) atoms. The summed E-state index contributed by atoms with van der Waals surface area (Å²) >= 11 is 0. The third kappa shape index (κ3) is 2.34. The lowest BCUT2D eigenvalue weighted by Gasteiger charge is -2.29. The number of nitrogens with zero attached hydrogens (tertiary/aromatic N) is 1. The maximum Gasteiger partial charge on any atom is 0.232 e. The molecule has 0 unspecified atom stereocenters. The summed E-state index contributed by atoms with van der Waals surface area (Å²) in [5.41, 5.74) is 2.21. The number of anilines is 1. The molecule has 0 atom stereocenters. The van der Waals surface area contributed by atoms with Gasteiger partial charge in [-0.2, -0.15) is 0 Å². The highest BCUT2D eigenvalue weighted by atomic mass is 32.2. The zero-order chi connectivity index (χ0) is 12.6. The van der Waals surface area contributed by atoms with Gasteiger partial charge in [0, 0.05) is 12.1 Å². The topological polar surface area (TPSA) is 54.5 Å². The van der Waals surface area contributed by atoms with Gasteiger partial charge in [0.05, 0.1) is 11.9 Å². The standard InChI is InChI=1S/C12H15NO3S/c1-9(14)11-6-5-10-4-3-7-13(12(10)8-11)17(2,15)16/h5-6,8H,3-4,7H2,1-2H3. The summed E-state index contributed by atoms with van der Waals surface area (Å²) in [6, 6.07) is 5.29. The fourth-order valence-corrected chi connectivity index (χ4v) is 3.09. The van der Waals surface area contributed by atoms with Crippen LogP contribution in [0.5, 0.6) is 0 Å². The van der Waals surface area contributed by atoms with Gasteiger partial charge >= 0.3 is 0 Å². The molecular formula is C12H15NO3S. The molecule has 0 saturated heterocycles. The van der Waals surface area contributed by atoms with Crippen molar-refractivity contribution in [3.63, 3.8) is 0 Å². The molecule has 1 aromatic rings. The molecule has 0 amide bonds. The van der Waals surface area contributed by atoms with Crippen LogP contribution in [0.3, 0.4) is 0 Å². The molecule has 0 aliphatic carbocycles. The van der Waals surface area contributed by atoms with Gasteiger partial charge in [0.25, 0.3) is 0 Å². The van der Waals surface area contributed by atoms with Gasteiger partial charge in [0.1, 0.15) is 0 Å². The smallest absolute Gasteiger partial charge is 0.232 e. The highest BCUT2D eigenvalue weighted by Gasteiger charge is 2.24. The normalized spacial score (nSPS) is 15.5. The molecule has 0 bridgehead atoms. The summed E-state index contributed by atoms with van der Waals surface area (Å²) in [7, 11) is -3.26. The predicted octanol–water partition coefficient (Wildman–Crippen LogP) is 1.60. The van der Waals surface area contributed by atoms with E-state index in [9.17, 15) is 13.2 Å². The number of ketones is 1. The Morgan fingerprint density at radius 1 is 1.35 bits per heavy atom. The number of hydrogen-bond donors (Lipinski definition) is 0. The Kier molecular flexibility index (Phi) is 2.95. The van der Waals surface area contributed by atoms with Crippen molar-refractivity contribution in [3.8, 4) is 0 Å². The molecule has 92 valence electrons. The minimum Gasteiger partial charge on any atom is -0.295 e. The van der Waals surface area contributed by atoms with Gasteiger partial charge in [0.15, 0.2) is 5.78 Å². The Hall–Kier alpha value is -1.36. The summed E-state index contributed by atoms with van der Waals surface area (Å²) in [4.78, 5) is 11.3. The number of fused-ring (bicyclic) bond motifs is 1. The number of benzene rings is 1. The second kappa shape index (κ2) is 4.14. The second-order valence-electron chi connectivity index (χ2n) is 4.34. The van der Waals surface area contributed by atoms with Crippen LogP contribution in [0.1, 0.15) is 29.3 Å². The van der Waals surface area contributed by atoms with Crippen LogP contribution >= 0.6 is 0 Å². The highest BCUT2D eigenvalue weighted by molar-refractivity contribution is 7.92. The van der Waals surface area contributed by atoms with E-state index in [4.69, 9.17) is 0 Å². The molecule has 1 aromatic carbocycles. The van der Waals surface area contributed by atoms with Gasteiger partial charge in [-0.1, -0.05) is 12.1 Å². The number of rotatable bonds is 2. The predicted molar refractivity (Wildman–Crippen MR) is 67.0 cm³/mol. The van der Waals surface area contributed by atoms with Crippen molar-refractivity contribution in [2.24, 2.45) is 0 Å². The molecule has 4 nitrogen and oxygen atoms in total. The molecule has 1 heterocycles. The van der Waals surface area contributed by atoms with E-state index in [1.165, 1.54) is 17.5 Å². The van der Waals surface area contributed by atoms with Crippen molar-refractivity contribution >= 4 is 21.5 Å². The maximum absolute atomic E-state index is 11.7.